The van der Waals surface area contributed by atoms with Gasteiger partial charge < -0.3 is 15.1 Å². The molecule has 158 valence electrons. The lowest BCUT2D eigenvalue weighted by atomic mass is 9.82. The van der Waals surface area contributed by atoms with Crippen LogP contribution in [0.5, 0.6) is 0 Å². The Morgan fingerprint density at radius 2 is 1.78 bits per heavy atom. The van der Waals surface area contributed by atoms with E-state index in [1.54, 1.807) is 0 Å². The van der Waals surface area contributed by atoms with E-state index in [4.69, 9.17) is 12.8 Å². The molecule has 3 nitrogen and oxygen atoms in total. The van der Waals surface area contributed by atoms with E-state index in [0.717, 1.165) is 37.1 Å². The Morgan fingerprint density at radius 3 is 2.53 bits per heavy atom. The number of aryl methyl sites for hydroxylation is 1. The molecule has 0 saturated heterocycles. The highest BCUT2D eigenvalue weighted by molar-refractivity contribution is 9.10. The van der Waals surface area contributed by atoms with Crippen LogP contribution in [-0.2, 0) is 5.66 Å². The van der Waals surface area contributed by atoms with Crippen molar-refractivity contribution in [3.8, 4) is 24.7 Å². The number of halogens is 2. The Balaban J connectivity index is 1.90. The maximum absolute atomic E-state index is 6.01. The van der Waals surface area contributed by atoms with Crippen LogP contribution in [-0.4, -0.2) is 6.54 Å². The SMILES string of the molecule is C#CCN1c2ccc(Br)cc2C2(CC#C)Nc3ccc(Br)cc3C1N2c1cccc(C)c1. The summed E-state index contributed by atoms with van der Waals surface area (Å²) in [5, 5.41) is 3.85. The lowest BCUT2D eigenvalue weighted by molar-refractivity contribution is 0.366. The molecule has 0 aliphatic carbocycles. The smallest absolute Gasteiger partial charge is 0.152 e. The summed E-state index contributed by atoms with van der Waals surface area (Å²) in [5.41, 5.74) is 6.06. The van der Waals surface area contributed by atoms with Crippen molar-refractivity contribution in [1.82, 2.24) is 0 Å². The Bertz CT molecular complexity index is 1300. The van der Waals surface area contributed by atoms with Crippen LogP contribution in [0, 0.1) is 31.6 Å². The quantitative estimate of drug-likeness (QED) is 0.365. The van der Waals surface area contributed by atoms with Crippen LogP contribution < -0.4 is 15.1 Å². The second-order valence-electron chi connectivity index (χ2n) is 8.17. The molecule has 3 aromatic carbocycles. The summed E-state index contributed by atoms with van der Waals surface area (Å²) in [7, 11) is 0. The van der Waals surface area contributed by atoms with Crippen LogP contribution in [0.1, 0.15) is 29.3 Å². The Kier molecular flexibility index (Phi) is 5.20. The van der Waals surface area contributed by atoms with Gasteiger partial charge in [0.15, 0.2) is 5.66 Å². The number of hydrogen-bond donors (Lipinski definition) is 1. The van der Waals surface area contributed by atoms with E-state index >= 15 is 0 Å². The van der Waals surface area contributed by atoms with Crippen molar-refractivity contribution in [2.24, 2.45) is 0 Å². The third-order valence-corrected chi connectivity index (χ3v) is 7.18. The summed E-state index contributed by atoms with van der Waals surface area (Å²) < 4.78 is 2.02. The first-order valence-electron chi connectivity index (χ1n) is 10.4. The van der Waals surface area contributed by atoms with Gasteiger partial charge in [0, 0.05) is 37.1 Å². The molecule has 1 N–H and O–H groups in total. The molecule has 5 heteroatoms. The zero-order chi connectivity index (χ0) is 22.5. The van der Waals surface area contributed by atoms with Crippen molar-refractivity contribution in [1.29, 1.82) is 0 Å². The molecule has 0 radical (unpaired) electrons. The number of nitrogens with one attached hydrogen (secondary N) is 1. The minimum Gasteiger partial charge on any atom is -0.358 e. The summed E-state index contributed by atoms with van der Waals surface area (Å²) in [5.74, 6) is 5.84. The van der Waals surface area contributed by atoms with Crippen molar-refractivity contribution in [2.45, 2.75) is 25.2 Å². The van der Waals surface area contributed by atoms with Crippen molar-refractivity contribution in [2.75, 3.05) is 21.7 Å². The molecule has 32 heavy (non-hydrogen) atoms. The maximum atomic E-state index is 6.01. The molecule has 0 aromatic heterocycles. The molecule has 2 aliphatic heterocycles. The zero-order valence-electron chi connectivity index (χ0n) is 17.6. The first-order valence-corrected chi connectivity index (χ1v) is 11.9. The number of rotatable bonds is 3. The molecule has 3 aromatic rings. The van der Waals surface area contributed by atoms with Crippen LogP contribution in [0.15, 0.2) is 69.6 Å². The van der Waals surface area contributed by atoms with E-state index in [1.165, 1.54) is 5.56 Å². The van der Waals surface area contributed by atoms with Gasteiger partial charge in [0.1, 0.15) is 6.17 Å². The zero-order valence-corrected chi connectivity index (χ0v) is 20.7. The highest BCUT2D eigenvalue weighted by Crippen LogP contribution is 2.56. The largest absolute Gasteiger partial charge is 0.358 e. The second-order valence-corrected chi connectivity index (χ2v) is 10.0. The monoisotopic (exact) mass is 545 g/mol. The van der Waals surface area contributed by atoms with E-state index in [9.17, 15) is 0 Å². The molecule has 0 saturated carbocycles. The third-order valence-electron chi connectivity index (χ3n) is 6.20. The summed E-state index contributed by atoms with van der Waals surface area (Å²) in [4.78, 5) is 4.70. The molecular formula is C27H21Br2N3. The molecule has 2 bridgehead atoms. The highest BCUT2D eigenvalue weighted by atomic mass is 79.9. The molecule has 0 fully saturated rings. The normalized spacial score (nSPS) is 20.5. The fraction of sp³-hybridized carbons (Fsp3) is 0.185. The predicted molar refractivity (Wildman–Crippen MR) is 140 cm³/mol. The van der Waals surface area contributed by atoms with Gasteiger partial charge in [-0.2, -0.15) is 0 Å². The molecule has 0 spiro atoms. The lowest BCUT2D eigenvalue weighted by Gasteiger charge is -2.60. The Morgan fingerprint density at radius 1 is 1.00 bits per heavy atom. The summed E-state index contributed by atoms with van der Waals surface area (Å²) in [6.45, 7) is 2.58. The molecule has 2 heterocycles. The first kappa shape index (κ1) is 21.0. The standard InChI is InChI=1S/C27H21Br2N3/c1-4-13-27-23-17-20(29)10-12-25(23)31(14-5-2)26(22-16-19(28)9-11-24(22)30-27)32(27)21-8-6-7-18(3)15-21/h1-2,6-12,15-17,26,30H,13-14H2,3H3. The fourth-order valence-corrected chi connectivity index (χ4v) is 5.74. The van der Waals surface area contributed by atoms with Gasteiger partial charge in [0.25, 0.3) is 0 Å². The van der Waals surface area contributed by atoms with E-state index in [0.29, 0.717) is 13.0 Å². The Hall–Kier alpha value is -2.86. The summed E-state index contributed by atoms with van der Waals surface area (Å²) in [6, 6.07) is 21.2. The minimum absolute atomic E-state index is 0.122. The van der Waals surface area contributed by atoms with Crippen molar-refractivity contribution in [3.05, 3.63) is 86.3 Å². The minimum atomic E-state index is -0.627. The molecule has 2 unspecified atom stereocenters. The molecular weight excluding hydrogens is 526 g/mol. The van der Waals surface area contributed by atoms with Gasteiger partial charge in [-0.3, -0.25) is 0 Å². The number of terminal acetylenes is 2. The molecule has 2 aliphatic rings. The van der Waals surface area contributed by atoms with Gasteiger partial charge in [-0.1, -0.05) is 49.9 Å². The topological polar surface area (TPSA) is 18.5 Å². The average molecular weight is 547 g/mol. The van der Waals surface area contributed by atoms with Crippen molar-refractivity contribution >= 4 is 48.9 Å². The summed E-state index contributed by atoms with van der Waals surface area (Å²) >= 11 is 7.35. The van der Waals surface area contributed by atoms with Gasteiger partial charge >= 0.3 is 0 Å². The van der Waals surface area contributed by atoms with Crippen LogP contribution in [0.25, 0.3) is 0 Å². The van der Waals surface area contributed by atoms with Crippen LogP contribution in [0.3, 0.4) is 0 Å². The maximum Gasteiger partial charge on any atom is 0.152 e. The second kappa shape index (κ2) is 7.93. The van der Waals surface area contributed by atoms with Gasteiger partial charge in [-0.25, -0.2) is 0 Å². The van der Waals surface area contributed by atoms with Crippen molar-refractivity contribution < 1.29 is 0 Å². The molecule has 5 rings (SSSR count). The molecule has 0 amide bonds. The van der Waals surface area contributed by atoms with E-state index in [2.05, 4.69) is 126 Å². The van der Waals surface area contributed by atoms with Crippen LogP contribution >= 0.6 is 31.9 Å². The van der Waals surface area contributed by atoms with E-state index in [1.807, 2.05) is 0 Å². The van der Waals surface area contributed by atoms with Gasteiger partial charge in [0.05, 0.1) is 13.0 Å². The molecule has 2 atom stereocenters. The highest BCUT2D eigenvalue weighted by Gasteiger charge is 2.53. The number of hydrogen-bond acceptors (Lipinski definition) is 3. The van der Waals surface area contributed by atoms with Crippen molar-refractivity contribution in [3.63, 3.8) is 0 Å². The third kappa shape index (κ3) is 3.12. The van der Waals surface area contributed by atoms with E-state index < -0.39 is 5.66 Å². The summed E-state index contributed by atoms with van der Waals surface area (Å²) in [6.07, 6.45) is 12.3. The predicted octanol–water partition coefficient (Wildman–Crippen LogP) is 6.78. The lowest BCUT2D eigenvalue weighted by Crippen LogP contribution is -2.64. The fourth-order valence-electron chi connectivity index (χ4n) is 5.00. The number of fused-ring (bicyclic) bond motifs is 6. The van der Waals surface area contributed by atoms with Gasteiger partial charge in [-0.05, 0) is 61.0 Å². The van der Waals surface area contributed by atoms with Crippen LogP contribution in [0.4, 0.5) is 17.1 Å². The number of nitrogens with zero attached hydrogens (tertiary/aromatic N) is 2. The van der Waals surface area contributed by atoms with E-state index in [-0.39, 0.29) is 6.17 Å². The van der Waals surface area contributed by atoms with Gasteiger partial charge in [0.2, 0.25) is 0 Å². The number of anilines is 3. The Labute approximate surface area is 206 Å². The van der Waals surface area contributed by atoms with Gasteiger partial charge in [-0.15, -0.1) is 18.8 Å². The first-order chi connectivity index (χ1) is 15.5. The number of benzene rings is 3. The average Bonchev–Trinajstić information content (AvgIpc) is 2.77. The van der Waals surface area contributed by atoms with Crippen LogP contribution in [0.2, 0.25) is 0 Å².